The first-order valence-electron chi connectivity index (χ1n) is 12.9. The van der Waals surface area contributed by atoms with E-state index in [4.69, 9.17) is 4.74 Å². The fraction of sp³-hybridized carbons (Fsp3) is 0.889. The highest BCUT2D eigenvalue weighted by atomic mass is 16.5. The van der Waals surface area contributed by atoms with Gasteiger partial charge in [0.2, 0.25) is 0 Å². The summed E-state index contributed by atoms with van der Waals surface area (Å²) in [5.41, 5.74) is 2.16. The largest absolute Gasteiger partial charge is 0.357 e. The van der Waals surface area contributed by atoms with Crippen molar-refractivity contribution in [3.63, 3.8) is 0 Å². The number of piperidine rings is 1. The van der Waals surface area contributed by atoms with Crippen molar-refractivity contribution < 1.29 is 9.53 Å². The van der Waals surface area contributed by atoms with Crippen LogP contribution in [-0.4, -0.2) is 24.2 Å². The predicted octanol–water partition coefficient (Wildman–Crippen LogP) is 5.50. The molecule has 30 heavy (non-hydrogen) atoms. The molecule has 4 aliphatic carbocycles. The Morgan fingerprint density at radius 1 is 1.03 bits per heavy atom. The summed E-state index contributed by atoms with van der Waals surface area (Å²) in [4.78, 5) is 12.1. The van der Waals surface area contributed by atoms with Crippen molar-refractivity contribution in [3.8, 4) is 0 Å². The summed E-state index contributed by atoms with van der Waals surface area (Å²) in [7, 11) is 0. The van der Waals surface area contributed by atoms with Gasteiger partial charge in [-0.3, -0.25) is 10.1 Å². The first-order valence-corrected chi connectivity index (χ1v) is 12.9. The summed E-state index contributed by atoms with van der Waals surface area (Å²) in [6.45, 7) is 11.1. The highest BCUT2D eigenvalue weighted by Gasteiger charge is 2.68. The molecule has 3 nitrogen and oxygen atoms in total. The maximum Gasteiger partial charge on any atom is 0.155 e. The number of hydrogen-bond acceptors (Lipinski definition) is 3. The second kappa shape index (κ2) is 6.44. The minimum atomic E-state index is -0.0507. The number of rotatable bonds is 0. The second-order valence-electron chi connectivity index (χ2n) is 12.6. The molecule has 10 unspecified atom stereocenters. The highest BCUT2D eigenvalue weighted by Crippen LogP contribution is 2.70. The monoisotopic (exact) mass is 411 g/mol. The zero-order valence-corrected chi connectivity index (χ0v) is 19.5. The van der Waals surface area contributed by atoms with Crippen LogP contribution in [0.2, 0.25) is 0 Å². The van der Waals surface area contributed by atoms with E-state index in [0.29, 0.717) is 29.1 Å². The van der Waals surface area contributed by atoms with Gasteiger partial charge >= 0.3 is 0 Å². The molecule has 0 radical (unpaired) electrons. The number of hydrogen-bond donors (Lipinski definition) is 1. The van der Waals surface area contributed by atoms with Crippen LogP contribution >= 0.6 is 0 Å². The molecule has 6 aliphatic rings. The van der Waals surface area contributed by atoms with E-state index in [9.17, 15) is 4.79 Å². The number of allylic oxidation sites excluding steroid dienone is 1. The molecule has 0 amide bonds. The van der Waals surface area contributed by atoms with Gasteiger partial charge in [-0.05, 0) is 97.9 Å². The van der Waals surface area contributed by atoms with E-state index in [0.717, 1.165) is 49.5 Å². The summed E-state index contributed by atoms with van der Waals surface area (Å²) in [6.07, 6.45) is 13.3. The molecule has 2 heterocycles. The summed E-state index contributed by atoms with van der Waals surface area (Å²) < 4.78 is 6.99. The molecule has 2 saturated heterocycles. The lowest BCUT2D eigenvalue weighted by atomic mass is 9.46. The van der Waals surface area contributed by atoms with Gasteiger partial charge in [0.15, 0.2) is 5.78 Å². The molecule has 2 aliphatic heterocycles. The van der Waals surface area contributed by atoms with E-state index in [-0.39, 0.29) is 11.1 Å². The summed E-state index contributed by atoms with van der Waals surface area (Å²) in [5, 5.41) is 3.88. The van der Waals surface area contributed by atoms with Gasteiger partial charge in [-0.2, -0.15) is 0 Å². The van der Waals surface area contributed by atoms with Crippen LogP contribution < -0.4 is 5.32 Å². The topological polar surface area (TPSA) is 38.3 Å². The second-order valence-corrected chi connectivity index (χ2v) is 12.6. The molecule has 0 aromatic heterocycles. The number of ketones is 1. The van der Waals surface area contributed by atoms with Gasteiger partial charge in [-0.25, -0.2) is 0 Å². The Bertz CT molecular complexity index is 780. The third kappa shape index (κ3) is 2.48. The maximum absolute atomic E-state index is 12.1. The van der Waals surface area contributed by atoms with E-state index < -0.39 is 0 Å². The fourth-order valence-corrected chi connectivity index (χ4v) is 9.76. The van der Waals surface area contributed by atoms with Gasteiger partial charge < -0.3 is 4.74 Å². The van der Waals surface area contributed by atoms with Crippen molar-refractivity contribution in [2.45, 2.75) is 97.3 Å². The first-order chi connectivity index (χ1) is 14.3. The minimum Gasteiger partial charge on any atom is -0.357 e. The van der Waals surface area contributed by atoms with Crippen LogP contribution in [0.1, 0.15) is 85.5 Å². The molecule has 0 bridgehead atoms. The molecular weight excluding hydrogens is 370 g/mol. The highest BCUT2D eigenvalue weighted by molar-refractivity contribution is 5.91. The molecule has 3 heteroatoms. The molecule has 166 valence electrons. The number of nitrogens with one attached hydrogen (secondary N) is 1. The normalized spacial score (nSPS) is 57.4. The minimum absolute atomic E-state index is 0.0507. The summed E-state index contributed by atoms with van der Waals surface area (Å²) >= 11 is 0. The first kappa shape index (κ1) is 20.0. The van der Waals surface area contributed by atoms with Gasteiger partial charge in [-0.15, -0.1) is 0 Å². The predicted molar refractivity (Wildman–Crippen MR) is 119 cm³/mol. The summed E-state index contributed by atoms with van der Waals surface area (Å²) in [5.74, 6) is 4.89. The third-order valence-corrected chi connectivity index (χ3v) is 11.4. The maximum atomic E-state index is 12.1. The lowest BCUT2D eigenvalue weighted by molar-refractivity contribution is -0.120. The average Bonchev–Trinajstić information content (AvgIpc) is 3.16. The van der Waals surface area contributed by atoms with Crippen molar-refractivity contribution in [1.82, 2.24) is 5.32 Å². The van der Waals surface area contributed by atoms with Crippen molar-refractivity contribution in [2.75, 3.05) is 6.54 Å². The number of fused-ring (bicyclic) bond motifs is 7. The number of carbonyl (C=O) groups excluding carboxylic acids is 1. The molecule has 0 aromatic rings. The smallest absolute Gasteiger partial charge is 0.155 e. The number of carbonyl (C=O) groups is 1. The summed E-state index contributed by atoms with van der Waals surface area (Å²) in [6, 6.07) is 0. The van der Waals surface area contributed by atoms with E-state index in [1.165, 1.54) is 44.1 Å². The van der Waals surface area contributed by atoms with Crippen molar-refractivity contribution >= 4 is 5.78 Å². The molecule has 3 saturated carbocycles. The molecular formula is C27H41NO2. The lowest BCUT2D eigenvalue weighted by Gasteiger charge is -2.58. The van der Waals surface area contributed by atoms with Crippen molar-refractivity contribution in [3.05, 3.63) is 11.6 Å². The molecule has 10 atom stereocenters. The zero-order valence-electron chi connectivity index (χ0n) is 19.5. The lowest BCUT2D eigenvalue weighted by Crippen LogP contribution is -2.57. The Morgan fingerprint density at radius 3 is 2.63 bits per heavy atom. The van der Waals surface area contributed by atoms with Crippen LogP contribution in [0.3, 0.4) is 0 Å². The fourth-order valence-electron chi connectivity index (χ4n) is 9.76. The standard InChI is InChI=1S/C27H41NO2/c1-16-7-12-27(28-15-16)17(2)24-23(30-27)14-22-20-6-5-18-13-19(29)8-10-25(18,3)21(20)9-11-26(22,24)4/h13,16-17,20-24,28H,5-12,14-15H2,1-4H3. The Morgan fingerprint density at radius 2 is 1.87 bits per heavy atom. The Labute approximate surface area is 182 Å². The van der Waals surface area contributed by atoms with Gasteiger partial charge in [0.05, 0.1) is 6.10 Å². The van der Waals surface area contributed by atoms with Gasteiger partial charge in [-0.1, -0.05) is 33.3 Å². The van der Waals surface area contributed by atoms with Crippen LogP contribution in [0.5, 0.6) is 0 Å². The molecule has 1 N–H and O–H groups in total. The van der Waals surface area contributed by atoms with E-state index >= 15 is 0 Å². The molecule has 0 aromatic carbocycles. The van der Waals surface area contributed by atoms with E-state index in [1.807, 2.05) is 6.08 Å². The SMILES string of the molecule is CC1CCC2(NC1)OC1CC3C4CCC5=CC(=O)CCC5(C)C4CCC3(C)C1C2C. The molecule has 6 rings (SSSR count). The molecule has 1 spiro atoms. The van der Waals surface area contributed by atoms with Crippen LogP contribution in [-0.2, 0) is 9.53 Å². The van der Waals surface area contributed by atoms with Crippen LogP contribution in [0.15, 0.2) is 11.6 Å². The van der Waals surface area contributed by atoms with Crippen LogP contribution in [0, 0.1) is 46.3 Å². The Balaban J connectivity index is 1.28. The van der Waals surface area contributed by atoms with Gasteiger partial charge in [0, 0.05) is 18.9 Å². The Kier molecular flexibility index (Phi) is 4.29. The van der Waals surface area contributed by atoms with Gasteiger partial charge in [0.1, 0.15) is 5.72 Å². The molecule has 5 fully saturated rings. The van der Waals surface area contributed by atoms with E-state index in [1.54, 1.807) is 0 Å². The third-order valence-electron chi connectivity index (χ3n) is 11.4. The van der Waals surface area contributed by atoms with Crippen LogP contribution in [0.25, 0.3) is 0 Å². The van der Waals surface area contributed by atoms with Crippen molar-refractivity contribution in [1.29, 1.82) is 0 Å². The van der Waals surface area contributed by atoms with Gasteiger partial charge in [0.25, 0.3) is 0 Å². The average molecular weight is 412 g/mol. The Hall–Kier alpha value is -0.670. The van der Waals surface area contributed by atoms with Crippen LogP contribution in [0.4, 0.5) is 0 Å². The van der Waals surface area contributed by atoms with E-state index in [2.05, 4.69) is 33.0 Å². The quantitative estimate of drug-likeness (QED) is 0.572. The zero-order chi connectivity index (χ0) is 20.9. The number of ether oxygens (including phenoxy) is 1. The van der Waals surface area contributed by atoms with Crippen molar-refractivity contribution in [2.24, 2.45) is 46.3 Å².